The van der Waals surface area contributed by atoms with E-state index < -0.39 is 35.6 Å². The lowest BCUT2D eigenvalue weighted by molar-refractivity contribution is -0.128. The van der Waals surface area contributed by atoms with Gasteiger partial charge in [-0.05, 0) is 56.0 Å². The van der Waals surface area contributed by atoms with Gasteiger partial charge in [0, 0.05) is 47.5 Å². The maximum Gasteiger partial charge on any atom is 0.323 e. The van der Waals surface area contributed by atoms with Crippen molar-refractivity contribution in [3.63, 3.8) is 0 Å². The fourth-order valence-electron chi connectivity index (χ4n) is 4.48. The van der Waals surface area contributed by atoms with Crippen molar-refractivity contribution in [2.75, 3.05) is 18.4 Å². The largest absolute Gasteiger partial charge is 0.350 e. The van der Waals surface area contributed by atoms with Crippen molar-refractivity contribution >= 4 is 35.1 Å². The molecular formula is C24H26ClF2N5O3. The topological polar surface area (TPSA) is 108 Å². The van der Waals surface area contributed by atoms with Crippen LogP contribution in [0.1, 0.15) is 36.0 Å². The average molecular weight is 506 g/mol. The third-order valence-electron chi connectivity index (χ3n) is 6.23. The summed E-state index contributed by atoms with van der Waals surface area (Å²) in [7, 11) is 0. The van der Waals surface area contributed by atoms with E-state index in [0.717, 1.165) is 29.9 Å². The molecular weight excluding hydrogens is 480 g/mol. The molecule has 0 bridgehead atoms. The second-order valence-electron chi connectivity index (χ2n) is 8.78. The van der Waals surface area contributed by atoms with Gasteiger partial charge in [0.05, 0.1) is 0 Å². The quantitative estimate of drug-likeness (QED) is 0.592. The Kier molecular flexibility index (Phi) is 7.51. The van der Waals surface area contributed by atoms with E-state index in [1.165, 1.54) is 4.90 Å². The number of hydrogen-bond donors (Lipinski definition) is 3. The van der Waals surface area contributed by atoms with E-state index in [0.29, 0.717) is 29.6 Å². The van der Waals surface area contributed by atoms with Gasteiger partial charge in [0.1, 0.15) is 11.6 Å². The van der Waals surface area contributed by atoms with Crippen molar-refractivity contribution in [3.05, 3.63) is 64.7 Å². The number of urea groups is 1. The molecule has 2 aromatic carbocycles. The molecule has 1 saturated heterocycles. The van der Waals surface area contributed by atoms with Gasteiger partial charge in [-0.25, -0.2) is 13.6 Å². The number of hydrogen-bond acceptors (Lipinski definition) is 4. The van der Waals surface area contributed by atoms with Crippen LogP contribution < -0.4 is 16.4 Å². The summed E-state index contributed by atoms with van der Waals surface area (Å²) in [4.78, 5) is 42.0. The van der Waals surface area contributed by atoms with Crippen molar-refractivity contribution < 1.29 is 23.2 Å². The molecule has 35 heavy (non-hydrogen) atoms. The standard InChI is InChI=1S/C24H26ClF2N5O3/c25-15-2-1-3-20(12-15)30-24(35)32-9-8-31(23(34)14-10-16(26)13-17(27)11-14)22(32)21(33)29-19-6-4-18(28)5-7-19/h1-3,10-13,18-19,22H,4-9,28H2,(H,29,33)(H,30,35). The highest BCUT2D eigenvalue weighted by Crippen LogP contribution is 2.24. The van der Waals surface area contributed by atoms with Gasteiger partial charge in [-0.2, -0.15) is 0 Å². The first-order valence-corrected chi connectivity index (χ1v) is 11.8. The Bertz CT molecular complexity index is 1110. The monoisotopic (exact) mass is 505 g/mol. The molecule has 1 atom stereocenters. The van der Waals surface area contributed by atoms with Crippen LogP contribution in [-0.2, 0) is 4.79 Å². The number of nitrogens with one attached hydrogen (secondary N) is 2. The summed E-state index contributed by atoms with van der Waals surface area (Å²) in [6, 6.07) is 8.27. The molecule has 1 unspecified atom stereocenters. The van der Waals surface area contributed by atoms with Gasteiger partial charge in [0.2, 0.25) is 0 Å². The first-order chi connectivity index (χ1) is 16.7. The highest BCUT2D eigenvalue weighted by molar-refractivity contribution is 6.30. The van der Waals surface area contributed by atoms with Gasteiger partial charge in [0.25, 0.3) is 11.8 Å². The molecule has 11 heteroatoms. The average Bonchev–Trinajstić information content (AvgIpc) is 3.25. The summed E-state index contributed by atoms with van der Waals surface area (Å²) in [5.41, 5.74) is 6.12. The third kappa shape index (κ3) is 5.88. The van der Waals surface area contributed by atoms with Gasteiger partial charge in [-0.15, -0.1) is 0 Å². The first-order valence-electron chi connectivity index (χ1n) is 11.4. The number of nitrogens with zero attached hydrogens (tertiary/aromatic N) is 2. The highest BCUT2D eigenvalue weighted by atomic mass is 35.5. The number of carbonyl (C=O) groups is 3. The number of nitrogens with two attached hydrogens (primary N) is 1. The minimum Gasteiger partial charge on any atom is -0.350 e. The normalized spacial score (nSPS) is 22.1. The first kappa shape index (κ1) is 24.9. The minimum absolute atomic E-state index is 0.00750. The predicted octanol–water partition coefficient (Wildman–Crippen LogP) is 3.32. The summed E-state index contributed by atoms with van der Waals surface area (Å²) in [5, 5.41) is 6.02. The molecule has 1 aliphatic heterocycles. The molecule has 0 spiro atoms. The van der Waals surface area contributed by atoms with E-state index in [1.54, 1.807) is 24.3 Å². The number of rotatable bonds is 4. The maximum atomic E-state index is 13.8. The molecule has 4 amide bonds. The molecule has 186 valence electrons. The van der Waals surface area contributed by atoms with Crippen molar-refractivity contribution in [2.45, 2.75) is 43.9 Å². The van der Waals surface area contributed by atoms with Crippen LogP contribution in [0.25, 0.3) is 0 Å². The summed E-state index contributed by atoms with van der Waals surface area (Å²) >= 11 is 5.99. The third-order valence-corrected chi connectivity index (χ3v) is 6.47. The minimum atomic E-state index is -1.30. The number of carbonyl (C=O) groups excluding carboxylic acids is 3. The Balaban J connectivity index is 1.58. The Hall–Kier alpha value is -3.24. The lowest BCUT2D eigenvalue weighted by atomic mass is 9.92. The van der Waals surface area contributed by atoms with Gasteiger partial charge in [-0.1, -0.05) is 17.7 Å². The molecule has 4 rings (SSSR count). The molecule has 0 radical (unpaired) electrons. The van der Waals surface area contributed by atoms with E-state index in [4.69, 9.17) is 17.3 Å². The predicted molar refractivity (Wildman–Crippen MR) is 127 cm³/mol. The molecule has 1 aliphatic carbocycles. The van der Waals surface area contributed by atoms with Crippen LogP contribution in [0, 0.1) is 11.6 Å². The summed E-state index contributed by atoms with van der Waals surface area (Å²) in [5.74, 6) is -3.13. The van der Waals surface area contributed by atoms with Gasteiger partial charge < -0.3 is 21.3 Å². The van der Waals surface area contributed by atoms with Crippen LogP contribution >= 0.6 is 11.6 Å². The smallest absolute Gasteiger partial charge is 0.323 e. The molecule has 4 N–H and O–H groups in total. The summed E-state index contributed by atoms with van der Waals surface area (Å²) < 4.78 is 27.5. The number of anilines is 1. The van der Waals surface area contributed by atoms with E-state index in [9.17, 15) is 23.2 Å². The maximum absolute atomic E-state index is 13.8. The molecule has 1 saturated carbocycles. The number of benzene rings is 2. The summed E-state index contributed by atoms with van der Waals surface area (Å²) in [6.45, 7) is 0.0527. The van der Waals surface area contributed by atoms with Crippen molar-refractivity contribution in [2.24, 2.45) is 5.73 Å². The van der Waals surface area contributed by atoms with Crippen LogP contribution in [0.15, 0.2) is 42.5 Å². The molecule has 2 aliphatic rings. The fourth-order valence-corrected chi connectivity index (χ4v) is 4.67. The second-order valence-corrected chi connectivity index (χ2v) is 9.22. The molecule has 8 nitrogen and oxygen atoms in total. The summed E-state index contributed by atoms with van der Waals surface area (Å²) in [6.07, 6.45) is 1.55. The highest BCUT2D eigenvalue weighted by Gasteiger charge is 2.43. The van der Waals surface area contributed by atoms with Crippen LogP contribution in [0.5, 0.6) is 0 Å². The van der Waals surface area contributed by atoms with Gasteiger partial charge >= 0.3 is 6.03 Å². The lowest BCUT2D eigenvalue weighted by Gasteiger charge is -2.32. The zero-order chi connectivity index (χ0) is 25.1. The Morgan fingerprint density at radius 2 is 1.60 bits per heavy atom. The lowest BCUT2D eigenvalue weighted by Crippen LogP contribution is -2.56. The van der Waals surface area contributed by atoms with Gasteiger partial charge in [-0.3, -0.25) is 14.5 Å². The SMILES string of the molecule is NC1CCC(NC(=O)C2N(C(=O)Nc3cccc(Cl)c3)CCN2C(=O)c2cc(F)cc(F)c2)CC1. The molecule has 1 heterocycles. The Morgan fingerprint density at radius 3 is 2.26 bits per heavy atom. The van der Waals surface area contributed by atoms with Crippen molar-refractivity contribution in [1.29, 1.82) is 0 Å². The van der Waals surface area contributed by atoms with Crippen molar-refractivity contribution in [3.8, 4) is 0 Å². The van der Waals surface area contributed by atoms with Crippen LogP contribution in [0.3, 0.4) is 0 Å². The van der Waals surface area contributed by atoms with E-state index in [1.807, 2.05) is 0 Å². The van der Waals surface area contributed by atoms with Crippen LogP contribution in [0.4, 0.5) is 19.3 Å². The van der Waals surface area contributed by atoms with E-state index in [2.05, 4.69) is 10.6 Å². The number of halogens is 3. The Labute approximate surface area is 206 Å². The second kappa shape index (κ2) is 10.6. The Morgan fingerprint density at radius 1 is 0.943 bits per heavy atom. The van der Waals surface area contributed by atoms with Crippen molar-refractivity contribution in [1.82, 2.24) is 15.1 Å². The number of amides is 4. The van der Waals surface area contributed by atoms with Gasteiger partial charge in [0.15, 0.2) is 6.17 Å². The van der Waals surface area contributed by atoms with E-state index in [-0.39, 0.29) is 30.7 Å². The van der Waals surface area contributed by atoms with Crippen LogP contribution in [-0.4, -0.2) is 59.0 Å². The zero-order valence-electron chi connectivity index (χ0n) is 18.8. The van der Waals surface area contributed by atoms with E-state index >= 15 is 0 Å². The molecule has 0 aromatic heterocycles. The zero-order valence-corrected chi connectivity index (χ0v) is 19.6. The van der Waals surface area contributed by atoms with Crippen LogP contribution in [0.2, 0.25) is 5.02 Å². The fraction of sp³-hybridized carbons (Fsp3) is 0.375. The molecule has 2 fully saturated rings. The molecule has 2 aromatic rings.